The molecule has 2 aromatic carbocycles. The van der Waals surface area contributed by atoms with Gasteiger partial charge in [0, 0.05) is 27.2 Å². The lowest BCUT2D eigenvalue weighted by Gasteiger charge is -2.06. The third-order valence-corrected chi connectivity index (χ3v) is 6.02. The summed E-state index contributed by atoms with van der Waals surface area (Å²) in [6.07, 6.45) is 5.24. The van der Waals surface area contributed by atoms with Gasteiger partial charge < -0.3 is 0 Å². The molecule has 0 aliphatic rings. The first-order valence-electron chi connectivity index (χ1n) is 8.91. The van der Waals surface area contributed by atoms with Crippen molar-refractivity contribution in [1.82, 2.24) is 24.5 Å². The Bertz CT molecular complexity index is 1470. The van der Waals surface area contributed by atoms with Crippen LogP contribution in [-0.2, 0) is 0 Å². The highest BCUT2D eigenvalue weighted by atomic mass is 32.1. The fraction of sp³-hybridized carbons (Fsp3) is 0. The summed E-state index contributed by atoms with van der Waals surface area (Å²) in [5, 5.41) is 2.33. The number of rotatable bonds is 2. The van der Waals surface area contributed by atoms with Gasteiger partial charge in [-0.15, -0.1) is 11.3 Å². The highest BCUT2D eigenvalue weighted by molar-refractivity contribution is 7.25. The lowest BCUT2D eigenvalue weighted by Crippen LogP contribution is -2.01. The molecular weight excluding hydrogens is 366 g/mol. The normalized spacial score (nSPS) is 11.6. The molecule has 5 nitrogen and oxygen atoms in total. The van der Waals surface area contributed by atoms with Gasteiger partial charge in [-0.05, 0) is 12.1 Å². The van der Waals surface area contributed by atoms with E-state index < -0.39 is 0 Å². The summed E-state index contributed by atoms with van der Waals surface area (Å²) in [5.41, 5.74) is 3.79. The Morgan fingerprint density at radius 2 is 1.71 bits per heavy atom. The maximum Gasteiger partial charge on any atom is 0.235 e. The molecule has 0 bridgehead atoms. The van der Waals surface area contributed by atoms with Crippen LogP contribution in [0, 0.1) is 0 Å². The number of fused-ring (bicyclic) bond motifs is 5. The molecule has 0 unspecified atom stereocenters. The van der Waals surface area contributed by atoms with Gasteiger partial charge in [0.15, 0.2) is 0 Å². The Morgan fingerprint density at radius 1 is 0.857 bits per heavy atom. The molecule has 4 heterocycles. The van der Waals surface area contributed by atoms with Crippen LogP contribution in [0.15, 0.2) is 79.4 Å². The first-order chi connectivity index (χ1) is 13.9. The molecule has 0 spiro atoms. The van der Waals surface area contributed by atoms with E-state index in [0.29, 0.717) is 5.95 Å². The van der Waals surface area contributed by atoms with Crippen molar-refractivity contribution in [2.75, 3.05) is 0 Å². The van der Waals surface area contributed by atoms with E-state index in [0.717, 1.165) is 32.5 Å². The number of hydrogen-bond donors (Lipinski definition) is 0. The zero-order valence-corrected chi connectivity index (χ0v) is 15.5. The SMILES string of the molecule is c1ccc(-c2ccnc(-n3c4cncnc4c4c5ccccc5sc43)n2)cc1. The minimum Gasteiger partial charge on any atom is -0.265 e. The van der Waals surface area contributed by atoms with Gasteiger partial charge in [0.25, 0.3) is 0 Å². The van der Waals surface area contributed by atoms with Crippen molar-refractivity contribution in [3.05, 3.63) is 79.4 Å². The van der Waals surface area contributed by atoms with Crippen LogP contribution in [0.3, 0.4) is 0 Å². The van der Waals surface area contributed by atoms with E-state index in [1.165, 1.54) is 10.1 Å². The molecule has 6 rings (SSSR count). The van der Waals surface area contributed by atoms with Crippen LogP contribution in [0.25, 0.3) is 48.5 Å². The van der Waals surface area contributed by atoms with E-state index in [1.54, 1.807) is 23.9 Å². The van der Waals surface area contributed by atoms with E-state index >= 15 is 0 Å². The summed E-state index contributed by atoms with van der Waals surface area (Å²) in [5.74, 6) is 0.628. The molecule has 0 saturated heterocycles. The fourth-order valence-corrected chi connectivity index (χ4v) is 4.85. The molecule has 0 aliphatic heterocycles. The molecule has 28 heavy (non-hydrogen) atoms. The highest BCUT2D eigenvalue weighted by Crippen LogP contribution is 2.40. The summed E-state index contributed by atoms with van der Waals surface area (Å²) in [6, 6.07) is 20.5. The Hall–Kier alpha value is -3.64. The molecule has 6 heteroatoms. The van der Waals surface area contributed by atoms with E-state index in [-0.39, 0.29) is 0 Å². The van der Waals surface area contributed by atoms with Crippen molar-refractivity contribution in [3.8, 4) is 17.2 Å². The fourth-order valence-electron chi connectivity index (χ4n) is 3.63. The summed E-state index contributed by atoms with van der Waals surface area (Å²) in [6.45, 7) is 0. The molecule has 0 amide bonds. The number of hydrogen-bond acceptors (Lipinski definition) is 5. The average Bonchev–Trinajstić information content (AvgIpc) is 3.29. The number of thiophene rings is 1. The maximum absolute atomic E-state index is 4.86. The largest absolute Gasteiger partial charge is 0.265 e. The van der Waals surface area contributed by atoms with Crippen molar-refractivity contribution >= 4 is 42.7 Å². The second kappa shape index (κ2) is 5.94. The molecule has 0 aliphatic carbocycles. The quantitative estimate of drug-likeness (QED) is 0.412. The van der Waals surface area contributed by atoms with E-state index in [2.05, 4.69) is 55.9 Å². The number of benzene rings is 2. The van der Waals surface area contributed by atoms with Crippen molar-refractivity contribution in [2.45, 2.75) is 0 Å². The van der Waals surface area contributed by atoms with E-state index in [4.69, 9.17) is 4.98 Å². The average molecular weight is 379 g/mol. The minimum atomic E-state index is 0.628. The van der Waals surface area contributed by atoms with Gasteiger partial charge in [-0.25, -0.2) is 19.9 Å². The van der Waals surface area contributed by atoms with Crippen LogP contribution in [-0.4, -0.2) is 24.5 Å². The molecule has 0 atom stereocenters. The second-order valence-corrected chi connectivity index (χ2v) is 7.51. The smallest absolute Gasteiger partial charge is 0.235 e. The van der Waals surface area contributed by atoms with Gasteiger partial charge in [-0.3, -0.25) is 4.57 Å². The van der Waals surface area contributed by atoms with Crippen molar-refractivity contribution in [2.24, 2.45) is 0 Å². The molecule has 0 saturated carbocycles. The Kier molecular flexibility index (Phi) is 3.27. The summed E-state index contributed by atoms with van der Waals surface area (Å²) in [4.78, 5) is 19.4. The van der Waals surface area contributed by atoms with Gasteiger partial charge in [0.1, 0.15) is 16.7 Å². The summed E-state index contributed by atoms with van der Waals surface area (Å²) < 4.78 is 3.29. The van der Waals surface area contributed by atoms with Gasteiger partial charge in [0.2, 0.25) is 5.95 Å². The predicted octanol–water partition coefficient (Wildman–Crippen LogP) is 5.25. The van der Waals surface area contributed by atoms with Crippen LogP contribution in [0.1, 0.15) is 0 Å². The molecule has 132 valence electrons. The van der Waals surface area contributed by atoms with Gasteiger partial charge >= 0.3 is 0 Å². The Morgan fingerprint density at radius 3 is 2.64 bits per heavy atom. The molecule has 0 N–H and O–H groups in total. The molecular formula is C22H13N5S. The molecule has 6 aromatic rings. The summed E-state index contributed by atoms with van der Waals surface area (Å²) >= 11 is 1.73. The zero-order chi connectivity index (χ0) is 18.5. The first kappa shape index (κ1) is 15.4. The first-order valence-corrected chi connectivity index (χ1v) is 9.72. The zero-order valence-electron chi connectivity index (χ0n) is 14.6. The van der Waals surface area contributed by atoms with Gasteiger partial charge in [-0.2, -0.15) is 0 Å². The highest BCUT2D eigenvalue weighted by Gasteiger charge is 2.20. The Labute approximate surface area is 164 Å². The van der Waals surface area contributed by atoms with E-state index in [1.807, 2.05) is 30.5 Å². The minimum absolute atomic E-state index is 0.628. The number of nitrogens with zero attached hydrogens (tertiary/aromatic N) is 5. The van der Waals surface area contributed by atoms with Crippen LogP contribution in [0.2, 0.25) is 0 Å². The van der Waals surface area contributed by atoms with E-state index in [9.17, 15) is 0 Å². The predicted molar refractivity (Wildman–Crippen MR) is 113 cm³/mol. The van der Waals surface area contributed by atoms with Crippen LogP contribution >= 0.6 is 11.3 Å². The second-order valence-electron chi connectivity index (χ2n) is 6.48. The monoisotopic (exact) mass is 379 g/mol. The van der Waals surface area contributed by atoms with Crippen LogP contribution in [0.5, 0.6) is 0 Å². The van der Waals surface area contributed by atoms with Crippen LogP contribution in [0.4, 0.5) is 0 Å². The lowest BCUT2D eigenvalue weighted by atomic mass is 10.1. The molecule has 4 aromatic heterocycles. The molecule has 0 radical (unpaired) electrons. The van der Waals surface area contributed by atoms with Gasteiger partial charge in [0.05, 0.1) is 17.4 Å². The lowest BCUT2D eigenvalue weighted by molar-refractivity contribution is 0.992. The van der Waals surface area contributed by atoms with Crippen molar-refractivity contribution < 1.29 is 0 Å². The maximum atomic E-state index is 4.86. The third-order valence-electron chi connectivity index (χ3n) is 4.86. The molecule has 0 fully saturated rings. The van der Waals surface area contributed by atoms with Crippen molar-refractivity contribution in [3.63, 3.8) is 0 Å². The number of aromatic nitrogens is 5. The van der Waals surface area contributed by atoms with Crippen molar-refractivity contribution in [1.29, 1.82) is 0 Å². The Balaban J connectivity index is 1.70. The van der Waals surface area contributed by atoms with Crippen LogP contribution < -0.4 is 0 Å². The summed E-state index contributed by atoms with van der Waals surface area (Å²) in [7, 11) is 0. The third kappa shape index (κ3) is 2.18. The topological polar surface area (TPSA) is 56.5 Å². The van der Waals surface area contributed by atoms with Gasteiger partial charge in [-0.1, -0.05) is 48.5 Å². The standard InChI is InChI=1S/C22H13N5S/c1-2-6-14(7-3-1)16-10-11-24-22(26-16)27-17-12-23-13-25-20(17)19-15-8-4-5-9-18(15)28-21(19)27/h1-13H.